The molecule has 0 spiro atoms. The number of urea groups is 1. The highest BCUT2D eigenvalue weighted by Crippen LogP contribution is 2.26. The number of nitrogens with one attached hydrogen (secondary N) is 1. The summed E-state index contributed by atoms with van der Waals surface area (Å²) in [4.78, 5) is 34.1. The van der Waals surface area contributed by atoms with Gasteiger partial charge >= 0.3 is 12.0 Å². The van der Waals surface area contributed by atoms with Gasteiger partial charge in [0.05, 0.1) is 10.6 Å². The van der Waals surface area contributed by atoms with Crippen molar-refractivity contribution in [3.05, 3.63) is 28.8 Å². The van der Waals surface area contributed by atoms with Gasteiger partial charge in [-0.1, -0.05) is 25.4 Å². The molecule has 0 fully saturated rings. The van der Waals surface area contributed by atoms with Gasteiger partial charge in [-0.05, 0) is 25.1 Å². The first kappa shape index (κ1) is 21.9. The summed E-state index contributed by atoms with van der Waals surface area (Å²) >= 11 is 5.98. The Labute approximate surface area is 156 Å². The smallest absolute Gasteiger partial charge is 0.338 e. The first-order chi connectivity index (χ1) is 12.0. The average molecular weight is 406 g/mol. The molecule has 0 bridgehead atoms. The number of hydrogen-bond donors (Lipinski definition) is 2. The Morgan fingerprint density at radius 3 is 2.35 bits per heavy atom. The van der Waals surface area contributed by atoms with Crippen LogP contribution in [0.3, 0.4) is 0 Å². The highest BCUT2D eigenvalue weighted by Gasteiger charge is 2.27. The quantitative estimate of drug-likeness (QED) is 0.652. The lowest BCUT2D eigenvalue weighted by molar-refractivity contribution is -0.127. The molecule has 3 N–H and O–H groups in total. The summed E-state index contributed by atoms with van der Waals surface area (Å²) in [5, 5.41) is 1.73. The first-order valence-corrected chi connectivity index (χ1v) is 9.47. The van der Waals surface area contributed by atoms with Crippen molar-refractivity contribution < 1.29 is 27.5 Å². The topological polar surface area (TPSA) is 136 Å². The maximum Gasteiger partial charge on any atom is 0.338 e. The number of benzene rings is 1. The molecule has 0 unspecified atom stereocenters. The molecule has 1 aromatic carbocycles. The van der Waals surface area contributed by atoms with Crippen molar-refractivity contribution in [1.29, 1.82) is 0 Å². The minimum atomic E-state index is -3.90. The summed E-state index contributed by atoms with van der Waals surface area (Å²) in [6.07, 6.45) is -1.31. The van der Waals surface area contributed by atoms with E-state index in [0.29, 0.717) is 0 Å². The van der Waals surface area contributed by atoms with Crippen LogP contribution in [0.15, 0.2) is 23.1 Å². The Morgan fingerprint density at radius 1 is 1.27 bits per heavy atom. The number of hydrogen-bond acceptors (Lipinski definition) is 6. The van der Waals surface area contributed by atoms with Crippen LogP contribution in [0.1, 0.15) is 31.1 Å². The molecule has 0 aromatic heterocycles. The second-order valence-corrected chi connectivity index (χ2v) is 7.45. The SMILES string of the molecule is CCN(CC)S(=O)(=O)c1cc(C(=O)O[C@@H](C)C(=O)NC(N)=O)ccc1Cl. The van der Waals surface area contributed by atoms with Gasteiger partial charge in [-0.2, -0.15) is 4.31 Å². The van der Waals surface area contributed by atoms with Crippen LogP contribution in [-0.4, -0.2) is 49.8 Å². The maximum atomic E-state index is 12.6. The van der Waals surface area contributed by atoms with Crippen molar-refractivity contribution in [2.24, 2.45) is 5.73 Å². The second kappa shape index (κ2) is 8.97. The van der Waals surface area contributed by atoms with Crippen LogP contribution in [0.2, 0.25) is 5.02 Å². The average Bonchev–Trinajstić information content (AvgIpc) is 2.55. The Balaban J connectivity index is 3.11. The Morgan fingerprint density at radius 2 is 1.85 bits per heavy atom. The van der Waals surface area contributed by atoms with Gasteiger partial charge in [0.2, 0.25) is 10.0 Å². The molecular weight excluding hydrogens is 386 g/mol. The molecular formula is C15H20ClN3O6S. The van der Waals surface area contributed by atoms with Crippen LogP contribution in [0, 0.1) is 0 Å². The molecule has 3 amide bonds. The summed E-state index contributed by atoms with van der Waals surface area (Å²) in [7, 11) is -3.90. The van der Waals surface area contributed by atoms with E-state index in [4.69, 9.17) is 22.1 Å². The van der Waals surface area contributed by atoms with Crippen molar-refractivity contribution >= 4 is 39.5 Å². The highest BCUT2D eigenvalue weighted by atomic mass is 35.5. The molecule has 0 aliphatic heterocycles. The van der Waals surface area contributed by atoms with Gasteiger partial charge in [-0.25, -0.2) is 18.0 Å². The van der Waals surface area contributed by atoms with E-state index < -0.39 is 34.0 Å². The van der Waals surface area contributed by atoms with E-state index in [1.807, 2.05) is 0 Å². The van der Waals surface area contributed by atoms with E-state index in [-0.39, 0.29) is 28.6 Å². The van der Waals surface area contributed by atoms with Crippen molar-refractivity contribution in [3.8, 4) is 0 Å². The number of nitrogens with two attached hydrogens (primary N) is 1. The lowest BCUT2D eigenvalue weighted by Crippen LogP contribution is -2.42. The van der Waals surface area contributed by atoms with Gasteiger partial charge in [0, 0.05) is 13.1 Å². The summed E-state index contributed by atoms with van der Waals surface area (Å²) in [5.74, 6) is -1.86. The molecule has 0 saturated heterocycles. The number of carbonyl (C=O) groups excluding carboxylic acids is 3. The molecule has 0 radical (unpaired) electrons. The number of ether oxygens (including phenoxy) is 1. The molecule has 9 nitrogen and oxygen atoms in total. The fraction of sp³-hybridized carbons (Fsp3) is 0.400. The molecule has 144 valence electrons. The van der Waals surface area contributed by atoms with Crippen LogP contribution in [0.5, 0.6) is 0 Å². The number of imide groups is 1. The Hall–Kier alpha value is -2.17. The lowest BCUT2D eigenvalue weighted by Gasteiger charge is -2.19. The van der Waals surface area contributed by atoms with Crippen LogP contribution in [0.4, 0.5) is 4.79 Å². The lowest BCUT2D eigenvalue weighted by atomic mass is 10.2. The Bertz CT molecular complexity index is 808. The minimum Gasteiger partial charge on any atom is -0.449 e. The van der Waals surface area contributed by atoms with Crippen molar-refractivity contribution in [2.45, 2.75) is 31.8 Å². The number of nitrogens with zero attached hydrogens (tertiary/aromatic N) is 1. The summed E-state index contributed by atoms with van der Waals surface area (Å²) < 4.78 is 31.3. The number of sulfonamides is 1. The molecule has 0 aliphatic carbocycles. The second-order valence-electron chi connectivity index (χ2n) is 5.14. The molecule has 0 saturated carbocycles. The largest absolute Gasteiger partial charge is 0.449 e. The van der Waals surface area contributed by atoms with Gasteiger partial charge in [-0.15, -0.1) is 0 Å². The molecule has 1 rings (SSSR count). The summed E-state index contributed by atoms with van der Waals surface area (Å²) in [6.45, 7) is 5.04. The zero-order chi connectivity index (χ0) is 20.1. The minimum absolute atomic E-state index is 0.0482. The predicted molar refractivity (Wildman–Crippen MR) is 94.2 cm³/mol. The van der Waals surface area contributed by atoms with Crippen molar-refractivity contribution in [2.75, 3.05) is 13.1 Å². The zero-order valence-electron chi connectivity index (χ0n) is 14.5. The molecule has 11 heteroatoms. The third-order valence-corrected chi connectivity index (χ3v) is 5.92. The van der Waals surface area contributed by atoms with Crippen molar-refractivity contribution in [1.82, 2.24) is 9.62 Å². The third kappa shape index (κ3) is 5.16. The third-order valence-electron chi connectivity index (χ3n) is 3.39. The fourth-order valence-electron chi connectivity index (χ4n) is 2.04. The number of carbonyl (C=O) groups is 3. The van der Waals surface area contributed by atoms with E-state index in [0.717, 1.165) is 6.07 Å². The number of amides is 3. The van der Waals surface area contributed by atoms with Crippen LogP contribution in [0.25, 0.3) is 0 Å². The summed E-state index contributed by atoms with van der Waals surface area (Å²) in [6, 6.07) is 2.52. The number of esters is 1. The first-order valence-electron chi connectivity index (χ1n) is 7.65. The van der Waals surface area contributed by atoms with E-state index >= 15 is 0 Å². The Kier molecular flexibility index (Phi) is 7.54. The van der Waals surface area contributed by atoms with E-state index in [1.54, 1.807) is 19.2 Å². The van der Waals surface area contributed by atoms with E-state index in [9.17, 15) is 22.8 Å². The molecule has 1 atom stereocenters. The van der Waals surface area contributed by atoms with E-state index in [2.05, 4.69) is 0 Å². The molecule has 0 aliphatic rings. The van der Waals surface area contributed by atoms with Crippen molar-refractivity contribution in [3.63, 3.8) is 0 Å². The maximum absolute atomic E-state index is 12.6. The molecule has 1 aromatic rings. The summed E-state index contributed by atoms with van der Waals surface area (Å²) in [5.41, 5.74) is 4.70. The van der Waals surface area contributed by atoms with Gasteiger partial charge < -0.3 is 10.5 Å². The number of halogens is 1. The van der Waals surface area contributed by atoms with Crippen LogP contribution < -0.4 is 11.1 Å². The van der Waals surface area contributed by atoms with Crippen LogP contribution in [-0.2, 0) is 19.6 Å². The fourth-order valence-corrected chi connectivity index (χ4v) is 3.99. The highest BCUT2D eigenvalue weighted by molar-refractivity contribution is 7.89. The number of primary amides is 1. The van der Waals surface area contributed by atoms with Crippen LogP contribution >= 0.6 is 11.6 Å². The van der Waals surface area contributed by atoms with Gasteiger partial charge in [0.15, 0.2) is 6.10 Å². The monoisotopic (exact) mass is 405 g/mol. The standard InChI is InChI=1S/C15H20ClN3O6S/c1-4-19(5-2)26(23,24)12-8-10(6-7-11(12)16)14(21)25-9(3)13(20)18-15(17)22/h6-9H,4-5H2,1-3H3,(H3,17,18,20,22)/t9-/m0/s1. The normalized spacial score (nSPS) is 12.5. The molecule has 0 heterocycles. The zero-order valence-corrected chi connectivity index (χ0v) is 16.1. The van der Waals surface area contributed by atoms with Gasteiger partial charge in [0.1, 0.15) is 4.90 Å². The number of rotatable bonds is 7. The molecule has 26 heavy (non-hydrogen) atoms. The predicted octanol–water partition coefficient (Wildman–Crippen LogP) is 1.11. The van der Waals surface area contributed by atoms with E-state index in [1.165, 1.54) is 23.4 Å². The van der Waals surface area contributed by atoms with Gasteiger partial charge in [-0.3, -0.25) is 10.1 Å². The van der Waals surface area contributed by atoms with Gasteiger partial charge in [0.25, 0.3) is 5.91 Å².